The van der Waals surface area contributed by atoms with Crippen LogP contribution >= 0.6 is 0 Å². The third kappa shape index (κ3) is 4.88. The van der Waals surface area contributed by atoms with Crippen LogP contribution in [0.3, 0.4) is 0 Å². The van der Waals surface area contributed by atoms with Gasteiger partial charge in [-0.2, -0.15) is 0 Å². The van der Waals surface area contributed by atoms with Crippen molar-refractivity contribution in [1.29, 1.82) is 0 Å². The highest BCUT2D eigenvalue weighted by Crippen LogP contribution is 2.13. The zero-order valence-electron chi connectivity index (χ0n) is 11.6. The molecule has 0 radical (unpaired) electrons. The minimum atomic E-state index is 0.287. The monoisotopic (exact) mass is 249 g/mol. The average Bonchev–Trinajstić information content (AvgIpc) is 2.40. The van der Waals surface area contributed by atoms with Gasteiger partial charge in [0.15, 0.2) is 0 Å². The maximum Gasteiger partial charge on any atom is 0.138 e. The zero-order chi connectivity index (χ0) is 13.4. The van der Waals surface area contributed by atoms with Crippen molar-refractivity contribution in [1.82, 2.24) is 4.90 Å². The standard InChI is InChI=1S/C15H23NO2/c1-4-16(5-2)10-9-14(17)11-13-7-6-8-15(12-13)18-3/h6-8,12H,4-5,9-11H2,1-3H3. The fraction of sp³-hybridized carbons (Fsp3) is 0.533. The molecule has 0 saturated heterocycles. The van der Waals surface area contributed by atoms with Gasteiger partial charge in [-0.25, -0.2) is 0 Å². The normalized spacial score (nSPS) is 10.7. The number of benzene rings is 1. The van der Waals surface area contributed by atoms with Crippen LogP contribution in [-0.2, 0) is 11.2 Å². The summed E-state index contributed by atoms with van der Waals surface area (Å²) in [6.07, 6.45) is 1.12. The second kappa shape index (κ2) is 7.88. The largest absolute Gasteiger partial charge is 0.497 e. The molecule has 0 atom stereocenters. The lowest BCUT2D eigenvalue weighted by molar-refractivity contribution is -0.118. The van der Waals surface area contributed by atoms with Gasteiger partial charge >= 0.3 is 0 Å². The smallest absolute Gasteiger partial charge is 0.138 e. The van der Waals surface area contributed by atoms with Crippen molar-refractivity contribution in [2.75, 3.05) is 26.7 Å². The molecule has 0 amide bonds. The minimum absolute atomic E-state index is 0.287. The Morgan fingerprint density at radius 1 is 1.28 bits per heavy atom. The Morgan fingerprint density at radius 2 is 2.00 bits per heavy atom. The summed E-state index contributed by atoms with van der Waals surface area (Å²) < 4.78 is 5.15. The van der Waals surface area contributed by atoms with Crippen molar-refractivity contribution in [3.05, 3.63) is 29.8 Å². The van der Waals surface area contributed by atoms with Gasteiger partial charge in [0, 0.05) is 19.4 Å². The SMILES string of the molecule is CCN(CC)CCC(=O)Cc1cccc(OC)c1. The Labute approximate surface area is 110 Å². The average molecular weight is 249 g/mol. The summed E-state index contributed by atoms with van der Waals surface area (Å²) in [5.41, 5.74) is 1.03. The minimum Gasteiger partial charge on any atom is -0.497 e. The van der Waals surface area contributed by atoms with Gasteiger partial charge in [0.2, 0.25) is 0 Å². The molecule has 1 aromatic rings. The molecule has 0 aliphatic carbocycles. The molecule has 3 nitrogen and oxygen atoms in total. The molecular weight excluding hydrogens is 226 g/mol. The second-order valence-electron chi connectivity index (χ2n) is 4.34. The Kier molecular flexibility index (Phi) is 6.44. The second-order valence-corrected chi connectivity index (χ2v) is 4.34. The predicted octanol–water partition coefficient (Wildman–Crippen LogP) is 2.54. The van der Waals surface area contributed by atoms with Crippen LogP contribution in [0.2, 0.25) is 0 Å². The summed E-state index contributed by atoms with van der Waals surface area (Å²) in [6, 6.07) is 7.71. The van der Waals surface area contributed by atoms with Crippen LogP contribution in [0.1, 0.15) is 25.8 Å². The highest BCUT2D eigenvalue weighted by atomic mass is 16.5. The first kappa shape index (κ1) is 14.7. The van der Waals surface area contributed by atoms with Crippen molar-refractivity contribution in [3.8, 4) is 5.75 Å². The van der Waals surface area contributed by atoms with Gasteiger partial charge in [0.05, 0.1) is 7.11 Å². The Bertz CT molecular complexity index is 373. The number of ketones is 1. The van der Waals surface area contributed by atoms with E-state index in [9.17, 15) is 4.79 Å². The van der Waals surface area contributed by atoms with Gasteiger partial charge in [-0.1, -0.05) is 26.0 Å². The number of rotatable bonds is 8. The van der Waals surface area contributed by atoms with Crippen LogP contribution in [0.5, 0.6) is 5.75 Å². The van der Waals surface area contributed by atoms with E-state index in [0.717, 1.165) is 30.9 Å². The van der Waals surface area contributed by atoms with Gasteiger partial charge in [-0.15, -0.1) is 0 Å². The topological polar surface area (TPSA) is 29.5 Å². The first-order valence-corrected chi connectivity index (χ1v) is 6.56. The molecule has 0 saturated carbocycles. The van der Waals surface area contributed by atoms with Gasteiger partial charge in [-0.05, 0) is 30.8 Å². The number of methoxy groups -OCH3 is 1. The van der Waals surface area contributed by atoms with Crippen LogP contribution in [-0.4, -0.2) is 37.4 Å². The van der Waals surface area contributed by atoms with E-state index < -0.39 is 0 Å². The lowest BCUT2D eigenvalue weighted by Crippen LogP contribution is -2.26. The third-order valence-electron chi connectivity index (χ3n) is 3.14. The van der Waals surface area contributed by atoms with E-state index >= 15 is 0 Å². The van der Waals surface area contributed by atoms with Gasteiger partial charge in [0.25, 0.3) is 0 Å². The van der Waals surface area contributed by atoms with Crippen LogP contribution < -0.4 is 4.74 Å². The van der Waals surface area contributed by atoms with E-state index in [1.165, 1.54) is 0 Å². The lowest BCUT2D eigenvalue weighted by atomic mass is 10.1. The summed E-state index contributed by atoms with van der Waals surface area (Å²) in [5, 5.41) is 0. The Balaban J connectivity index is 2.44. The molecule has 1 rings (SSSR count). The maximum atomic E-state index is 11.9. The molecule has 0 aliphatic rings. The molecule has 0 aromatic heterocycles. The van der Waals surface area contributed by atoms with Crippen molar-refractivity contribution in [2.45, 2.75) is 26.7 Å². The molecular formula is C15H23NO2. The molecule has 0 bridgehead atoms. The Morgan fingerprint density at radius 3 is 2.61 bits per heavy atom. The van der Waals surface area contributed by atoms with Crippen molar-refractivity contribution >= 4 is 5.78 Å². The zero-order valence-corrected chi connectivity index (χ0v) is 11.6. The predicted molar refractivity (Wildman–Crippen MR) is 74.1 cm³/mol. The molecule has 0 fully saturated rings. The first-order chi connectivity index (χ1) is 8.69. The number of Topliss-reactive ketones (excluding diaryl/α,β-unsaturated/α-hetero) is 1. The van der Waals surface area contributed by atoms with Crippen molar-refractivity contribution in [2.24, 2.45) is 0 Å². The van der Waals surface area contributed by atoms with E-state index in [1.807, 2.05) is 24.3 Å². The molecule has 0 aliphatic heterocycles. The van der Waals surface area contributed by atoms with E-state index in [0.29, 0.717) is 12.8 Å². The highest BCUT2D eigenvalue weighted by molar-refractivity contribution is 5.81. The molecule has 0 heterocycles. The first-order valence-electron chi connectivity index (χ1n) is 6.56. The molecule has 1 aromatic carbocycles. The Hall–Kier alpha value is -1.35. The quantitative estimate of drug-likeness (QED) is 0.709. The molecule has 3 heteroatoms. The summed E-state index contributed by atoms with van der Waals surface area (Å²) >= 11 is 0. The summed E-state index contributed by atoms with van der Waals surface area (Å²) in [5.74, 6) is 1.10. The number of carbonyl (C=O) groups excluding carboxylic acids is 1. The molecule has 0 N–H and O–H groups in total. The number of ether oxygens (including phenoxy) is 1. The van der Waals surface area contributed by atoms with Crippen molar-refractivity contribution in [3.63, 3.8) is 0 Å². The van der Waals surface area contributed by atoms with Crippen LogP contribution in [0.4, 0.5) is 0 Å². The fourth-order valence-corrected chi connectivity index (χ4v) is 1.92. The number of hydrogen-bond acceptors (Lipinski definition) is 3. The molecule has 100 valence electrons. The third-order valence-corrected chi connectivity index (χ3v) is 3.14. The van der Waals surface area contributed by atoms with E-state index in [4.69, 9.17) is 4.74 Å². The molecule has 18 heavy (non-hydrogen) atoms. The summed E-state index contributed by atoms with van der Waals surface area (Å²) in [7, 11) is 1.64. The maximum absolute atomic E-state index is 11.9. The highest BCUT2D eigenvalue weighted by Gasteiger charge is 2.07. The lowest BCUT2D eigenvalue weighted by Gasteiger charge is -2.17. The van der Waals surface area contributed by atoms with Gasteiger partial charge < -0.3 is 9.64 Å². The van der Waals surface area contributed by atoms with Crippen LogP contribution in [0, 0.1) is 0 Å². The number of carbonyl (C=O) groups is 1. The van der Waals surface area contributed by atoms with Crippen molar-refractivity contribution < 1.29 is 9.53 Å². The van der Waals surface area contributed by atoms with E-state index in [-0.39, 0.29) is 5.78 Å². The molecule has 0 spiro atoms. The van der Waals surface area contributed by atoms with E-state index in [2.05, 4.69) is 18.7 Å². The van der Waals surface area contributed by atoms with Crippen LogP contribution in [0.15, 0.2) is 24.3 Å². The van der Waals surface area contributed by atoms with Crippen LogP contribution in [0.25, 0.3) is 0 Å². The van der Waals surface area contributed by atoms with Gasteiger partial charge in [0.1, 0.15) is 11.5 Å². The van der Waals surface area contributed by atoms with E-state index in [1.54, 1.807) is 7.11 Å². The summed E-state index contributed by atoms with van der Waals surface area (Å²) in [4.78, 5) is 14.1. The molecule has 0 unspecified atom stereocenters. The van der Waals surface area contributed by atoms with Gasteiger partial charge in [-0.3, -0.25) is 4.79 Å². The number of nitrogens with zero attached hydrogens (tertiary/aromatic N) is 1. The fourth-order valence-electron chi connectivity index (χ4n) is 1.92. The summed E-state index contributed by atoms with van der Waals surface area (Å²) in [6.45, 7) is 7.10. The number of hydrogen-bond donors (Lipinski definition) is 0.